The highest BCUT2D eigenvalue weighted by atomic mass is 19.2. The minimum absolute atomic E-state index is 0.210. The summed E-state index contributed by atoms with van der Waals surface area (Å²) in [4.78, 5) is 15.4. The fourth-order valence-corrected chi connectivity index (χ4v) is 4.74. The van der Waals surface area contributed by atoms with Crippen LogP contribution in [0.1, 0.15) is 11.5 Å². The van der Waals surface area contributed by atoms with Gasteiger partial charge in [-0.3, -0.25) is 10.2 Å². The smallest absolute Gasteiger partial charge is 0.320 e. The maximum atomic E-state index is 14.0. The molecule has 1 saturated heterocycles. The number of carbonyl (C=O) groups excluding carboxylic acids is 1. The lowest BCUT2D eigenvalue weighted by Crippen LogP contribution is -2.42. The molecule has 0 spiro atoms. The van der Waals surface area contributed by atoms with Gasteiger partial charge in [0.25, 0.3) is 0 Å². The van der Waals surface area contributed by atoms with Crippen LogP contribution in [0.15, 0.2) is 72.8 Å². The molecule has 1 aliphatic heterocycles. The summed E-state index contributed by atoms with van der Waals surface area (Å²) in [5.74, 6) is -1.45. The number of methoxy groups -OCH3 is 1. The Balaban J connectivity index is 1.40. The molecule has 2 heterocycles. The number of anilines is 1. The summed E-state index contributed by atoms with van der Waals surface area (Å²) in [5.41, 5.74) is 2.21. The van der Waals surface area contributed by atoms with Gasteiger partial charge in [0.1, 0.15) is 5.82 Å². The molecule has 0 bridgehead atoms. The van der Waals surface area contributed by atoms with Crippen molar-refractivity contribution in [3.63, 3.8) is 0 Å². The summed E-state index contributed by atoms with van der Waals surface area (Å²) in [5, 5.41) is 11.5. The van der Waals surface area contributed by atoms with Gasteiger partial charge in [-0.05, 0) is 42.0 Å². The Bertz CT molecular complexity index is 1360. The highest BCUT2D eigenvalue weighted by Crippen LogP contribution is 2.30. The SMILES string of the molecule is COCCN1C[C@@H](NC(=O)Nc2c3ccccc3nn2-c2ccccc2)[C@H](c2ccc(F)c(F)c2)C1. The first kappa shape index (κ1) is 23.9. The molecule has 0 aliphatic carbocycles. The third kappa shape index (κ3) is 4.93. The molecule has 186 valence electrons. The number of para-hydroxylation sites is 1. The summed E-state index contributed by atoms with van der Waals surface area (Å²) in [6, 6.07) is 20.4. The maximum absolute atomic E-state index is 14.0. The van der Waals surface area contributed by atoms with Crippen LogP contribution in [0.3, 0.4) is 0 Å². The van der Waals surface area contributed by atoms with Crippen LogP contribution < -0.4 is 10.6 Å². The quantitative estimate of drug-likeness (QED) is 0.398. The first-order valence-corrected chi connectivity index (χ1v) is 11.8. The van der Waals surface area contributed by atoms with Gasteiger partial charge in [0.05, 0.1) is 23.9 Å². The van der Waals surface area contributed by atoms with Gasteiger partial charge in [0, 0.05) is 38.0 Å². The van der Waals surface area contributed by atoms with Crippen LogP contribution in [-0.2, 0) is 4.74 Å². The average molecular weight is 492 g/mol. The molecule has 7 nitrogen and oxygen atoms in total. The van der Waals surface area contributed by atoms with E-state index in [1.54, 1.807) is 17.9 Å². The Morgan fingerprint density at radius 3 is 2.58 bits per heavy atom. The Labute approximate surface area is 207 Å². The topological polar surface area (TPSA) is 71.4 Å². The average Bonchev–Trinajstić information content (AvgIpc) is 3.46. The number of hydrogen-bond donors (Lipinski definition) is 2. The molecule has 0 radical (unpaired) electrons. The number of hydrogen-bond acceptors (Lipinski definition) is 4. The summed E-state index contributed by atoms with van der Waals surface area (Å²) in [6.45, 7) is 2.34. The number of fused-ring (bicyclic) bond motifs is 1. The van der Waals surface area contributed by atoms with Crippen molar-refractivity contribution >= 4 is 22.8 Å². The zero-order chi connectivity index (χ0) is 25.1. The standard InChI is InChI=1S/C27H27F2N5O2/c1-36-14-13-33-16-21(18-11-12-22(28)23(29)15-18)25(17-33)30-27(35)31-26-20-9-5-6-10-24(20)32-34(26)19-7-3-2-4-8-19/h2-12,15,21,25H,13-14,16-17H2,1H3,(H2,30,31,35)/t21-,25+/m0/s1. The molecule has 2 N–H and O–H groups in total. The van der Waals surface area contributed by atoms with Crippen LogP contribution in [-0.4, -0.2) is 60.1 Å². The van der Waals surface area contributed by atoms with Crippen molar-refractivity contribution in [1.29, 1.82) is 0 Å². The van der Waals surface area contributed by atoms with Gasteiger partial charge < -0.3 is 10.1 Å². The molecular weight excluding hydrogens is 464 g/mol. The summed E-state index contributed by atoms with van der Waals surface area (Å²) in [7, 11) is 1.63. The van der Waals surface area contributed by atoms with E-state index in [1.165, 1.54) is 6.07 Å². The predicted molar refractivity (Wildman–Crippen MR) is 134 cm³/mol. The van der Waals surface area contributed by atoms with Crippen LogP contribution in [0.2, 0.25) is 0 Å². The van der Waals surface area contributed by atoms with Crippen LogP contribution in [0.25, 0.3) is 16.6 Å². The number of amides is 2. The number of halogens is 2. The lowest BCUT2D eigenvalue weighted by atomic mass is 9.94. The lowest BCUT2D eigenvalue weighted by Gasteiger charge is -2.21. The van der Waals surface area contributed by atoms with E-state index in [9.17, 15) is 13.6 Å². The fraction of sp³-hybridized carbons (Fsp3) is 0.259. The Kier molecular flexibility index (Phi) is 6.92. The number of nitrogens with one attached hydrogen (secondary N) is 2. The fourth-order valence-electron chi connectivity index (χ4n) is 4.74. The van der Waals surface area contributed by atoms with E-state index >= 15 is 0 Å². The number of carbonyl (C=O) groups is 1. The molecule has 3 aromatic carbocycles. The van der Waals surface area contributed by atoms with Crippen molar-refractivity contribution in [2.24, 2.45) is 0 Å². The molecule has 0 saturated carbocycles. The third-order valence-electron chi connectivity index (χ3n) is 6.51. The van der Waals surface area contributed by atoms with Crippen molar-refractivity contribution in [1.82, 2.24) is 20.0 Å². The number of ether oxygens (including phenoxy) is 1. The Hall–Kier alpha value is -3.82. The van der Waals surface area contributed by atoms with Gasteiger partial charge in [-0.2, -0.15) is 5.10 Å². The first-order valence-electron chi connectivity index (χ1n) is 11.8. The normalized spacial score (nSPS) is 18.0. The minimum atomic E-state index is -0.899. The highest BCUT2D eigenvalue weighted by molar-refractivity contribution is 6.00. The zero-order valence-corrected chi connectivity index (χ0v) is 19.8. The molecule has 2 amide bonds. The molecule has 1 fully saturated rings. The van der Waals surface area contributed by atoms with Gasteiger partial charge in [-0.15, -0.1) is 0 Å². The number of aromatic nitrogens is 2. The van der Waals surface area contributed by atoms with Gasteiger partial charge in [0.2, 0.25) is 0 Å². The summed E-state index contributed by atoms with van der Waals surface area (Å²) < 4.78 is 34.5. The second-order valence-electron chi connectivity index (χ2n) is 8.85. The number of likely N-dealkylation sites (tertiary alicyclic amines) is 1. The molecule has 1 aromatic heterocycles. The van der Waals surface area contributed by atoms with Crippen LogP contribution in [0, 0.1) is 11.6 Å². The highest BCUT2D eigenvalue weighted by Gasteiger charge is 2.35. The Morgan fingerprint density at radius 1 is 1.03 bits per heavy atom. The second kappa shape index (κ2) is 10.4. The number of urea groups is 1. The molecule has 5 rings (SSSR count). The van der Waals surface area contributed by atoms with Crippen LogP contribution >= 0.6 is 0 Å². The zero-order valence-electron chi connectivity index (χ0n) is 19.8. The first-order chi connectivity index (χ1) is 17.5. The Morgan fingerprint density at radius 2 is 1.81 bits per heavy atom. The van der Waals surface area contributed by atoms with Crippen LogP contribution in [0.4, 0.5) is 19.4 Å². The van der Waals surface area contributed by atoms with E-state index in [1.807, 2.05) is 54.6 Å². The van der Waals surface area contributed by atoms with Crippen molar-refractivity contribution in [2.75, 3.05) is 38.7 Å². The molecule has 2 atom stereocenters. The minimum Gasteiger partial charge on any atom is -0.383 e. The van der Waals surface area contributed by atoms with Crippen molar-refractivity contribution in [2.45, 2.75) is 12.0 Å². The largest absolute Gasteiger partial charge is 0.383 e. The predicted octanol–water partition coefficient (Wildman–Crippen LogP) is 4.54. The van der Waals surface area contributed by atoms with Crippen LogP contribution in [0.5, 0.6) is 0 Å². The van der Waals surface area contributed by atoms with E-state index in [2.05, 4.69) is 20.6 Å². The van der Waals surface area contributed by atoms with E-state index < -0.39 is 17.7 Å². The van der Waals surface area contributed by atoms with Gasteiger partial charge in [-0.1, -0.05) is 36.4 Å². The summed E-state index contributed by atoms with van der Waals surface area (Å²) in [6.07, 6.45) is 0. The molecule has 9 heteroatoms. The molecule has 1 aliphatic rings. The molecule has 36 heavy (non-hydrogen) atoms. The van der Waals surface area contributed by atoms with Gasteiger partial charge >= 0.3 is 6.03 Å². The monoisotopic (exact) mass is 491 g/mol. The molecule has 0 unspecified atom stereocenters. The second-order valence-corrected chi connectivity index (χ2v) is 8.85. The number of benzene rings is 3. The van der Waals surface area contributed by atoms with E-state index in [0.29, 0.717) is 37.6 Å². The van der Waals surface area contributed by atoms with E-state index in [0.717, 1.165) is 22.7 Å². The van der Waals surface area contributed by atoms with Gasteiger partial charge in [0.15, 0.2) is 11.6 Å². The van der Waals surface area contributed by atoms with E-state index in [4.69, 9.17) is 4.74 Å². The number of nitrogens with zero attached hydrogens (tertiary/aromatic N) is 3. The van der Waals surface area contributed by atoms with Crippen molar-refractivity contribution in [3.8, 4) is 5.69 Å². The van der Waals surface area contributed by atoms with Crippen molar-refractivity contribution < 1.29 is 18.3 Å². The number of rotatable bonds is 7. The summed E-state index contributed by atoms with van der Waals surface area (Å²) >= 11 is 0. The van der Waals surface area contributed by atoms with Gasteiger partial charge in [-0.25, -0.2) is 18.3 Å². The molecular formula is C27H27F2N5O2. The third-order valence-corrected chi connectivity index (χ3v) is 6.51. The van der Waals surface area contributed by atoms with E-state index in [-0.39, 0.29) is 12.0 Å². The lowest BCUT2D eigenvalue weighted by molar-refractivity contribution is 0.159. The molecule has 4 aromatic rings. The van der Waals surface area contributed by atoms with Crippen molar-refractivity contribution in [3.05, 3.63) is 90.0 Å². The maximum Gasteiger partial charge on any atom is 0.320 e.